The summed E-state index contributed by atoms with van der Waals surface area (Å²) in [4.78, 5) is 2.16. The van der Waals surface area contributed by atoms with Gasteiger partial charge in [-0.2, -0.15) is 0 Å². The summed E-state index contributed by atoms with van der Waals surface area (Å²) in [7, 11) is 8.05. The van der Waals surface area contributed by atoms with Crippen molar-refractivity contribution in [2.45, 2.75) is 19.4 Å². The van der Waals surface area contributed by atoms with Gasteiger partial charge in [0.1, 0.15) is 0 Å². The Morgan fingerprint density at radius 1 is 0.867 bits per heavy atom. The fourth-order valence-corrected chi connectivity index (χ4v) is 4.14. The van der Waals surface area contributed by atoms with Crippen LogP contribution in [0.1, 0.15) is 24.1 Å². The highest BCUT2D eigenvalue weighted by atomic mass is 32.1. The lowest BCUT2D eigenvalue weighted by molar-refractivity contribution is 0.315. The molecule has 1 atom stereocenters. The normalized spacial score (nSPS) is 15.1. The van der Waals surface area contributed by atoms with Crippen LogP contribution in [0.5, 0.6) is 28.7 Å². The van der Waals surface area contributed by atoms with Crippen molar-refractivity contribution in [2.24, 2.45) is 0 Å². The molecule has 0 amide bonds. The Hall–Kier alpha value is -2.87. The molecule has 2 aromatic rings. The van der Waals surface area contributed by atoms with Crippen LogP contribution in [0.2, 0.25) is 0 Å². The van der Waals surface area contributed by atoms with Gasteiger partial charge >= 0.3 is 0 Å². The van der Waals surface area contributed by atoms with Crippen molar-refractivity contribution in [1.82, 2.24) is 4.90 Å². The van der Waals surface area contributed by atoms with Crippen LogP contribution in [0.3, 0.4) is 0 Å². The summed E-state index contributed by atoms with van der Waals surface area (Å²) >= 11 is 5.74. The molecule has 0 spiro atoms. The number of hydrogen-bond acceptors (Lipinski definition) is 6. The van der Waals surface area contributed by atoms with Gasteiger partial charge in [-0.05, 0) is 48.8 Å². The van der Waals surface area contributed by atoms with Gasteiger partial charge in [0.15, 0.2) is 28.1 Å². The number of anilines is 1. The van der Waals surface area contributed by atoms with E-state index in [4.69, 9.17) is 35.9 Å². The first-order valence-electron chi connectivity index (χ1n) is 9.59. The number of thiocarbonyl (C=S) groups is 1. The number of fused-ring (bicyclic) bond motifs is 1. The Morgan fingerprint density at radius 2 is 1.43 bits per heavy atom. The van der Waals surface area contributed by atoms with Gasteiger partial charge in [0.25, 0.3) is 0 Å². The zero-order chi connectivity index (χ0) is 21.8. The topological polar surface area (TPSA) is 61.4 Å². The fourth-order valence-electron chi connectivity index (χ4n) is 3.77. The summed E-state index contributed by atoms with van der Waals surface area (Å²) in [5, 5.41) is 3.93. The molecule has 0 aromatic heterocycles. The van der Waals surface area contributed by atoms with E-state index in [0.717, 1.165) is 24.4 Å². The Bertz CT molecular complexity index is 909. The number of rotatable bonds is 6. The maximum atomic E-state index is 5.74. The molecule has 0 aliphatic carbocycles. The van der Waals surface area contributed by atoms with Crippen molar-refractivity contribution in [3.63, 3.8) is 0 Å². The second-order valence-electron chi connectivity index (χ2n) is 6.87. The predicted octanol–water partition coefficient (Wildman–Crippen LogP) is 4.05. The van der Waals surface area contributed by atoms with Crippen LogP contribution in [0.25, 0.3) is 0 Å². The molecular formula is C22H28N2O5S. The molecule has 0 saturated heterocycles. The van der Waals surface area contributed by atoms with Crippen LogP contribution >= 0.6 is 12.2 Å². The fraction of sp³-hybridized carbons (Fsp3) is 0.409. The molecule has 2 aromatic carbocycles. The first-order valence-corrected chi connectivity index (χ1v) is 10.0. The highest BCUT2D eigenvalue weighted by molar-refractivity contribution is 7.80. The van der Waals surface area contributed by atoms with Gasteiger partial charge < -0.3 is 33.9 Å². The third kappa shape index (κ3) is 4.05. The number of benzene rings is 2. The van der Waals surface area contributed by atoms with E-state index in [2.05, 4.69) is 23.2 Å². The standard InChI is InChI=1S/C22H28N2O5S/c1-13-16-12-18(26-3)17(25-2)9-14(16)7-8-24(13)22(30)23-15-10-19(27-4)21(29-6)20(11-15)28-5/h9-13H,7-8H2,1-6H3,(H,23,30)/t13-/m0/s1. The van der Waals surface area contributed by atoms with Gasteiger partial charge in [-0.25, -0.2) is 0 Å². The zero-order valence-electron chi connectivity index (χ0n) is 18.2. The molecule has 0 saturated carbocycles. The van der Waals surface area contributed by atoms with Gasteiger partial charge in [-0.15, -0.1) is 0 Å². The molecule has 162 valence electrons. The highest BCUT2D eigenvalue weighted by Gasteiger charge is 2.28. The van der Waals surface area contributed by atoms with Gasteiger partial charge in [0, 0.05) is 24.4 Å². The minimum Gasteiger partial charge on any atom is -0.493 e. The lowest BCUT2D eigenvalue weighted by Gasteiger charge is -2.37. The molecule has 1 aliphatic rings. The van der Waals surface area contributed by atoms with Gasteiger partial charge in [-0.1, -0.05) is 0 Å². The van der Waals surface area contributed by atoms with Gasteiger partial charge in [-0.3, -0.25) is 0 Å². The Balaban J connectivity index is 1.85. The van der Waals surface area contributed by atoms with Crippen LogP contribution in [0.15, 0.2) is 24.3 Å². The summed E-state index contributed by atoms with van der Waals surface area (Å²) in [5.41, 5.74) is 3.18. The number of nitrogens with zero attached hydrogens (tertiary/aromatic N) is 1. The Morgan fingerprint density at radius 3 is 1.97 bits per heavy atom. The first kappa shape index (κ1) is 21.8. The van der Waals surface area contributed by atoms with Crippen molar-refractivity contribution < 1.29 is 23.7 Å². The molecule has 3 rings (SSSR count). The smallest absolute Gasteiger partial charge is 0.203 e. The van der Waals surface area contributed by atoms with Crippen molar-refractivity contribution in [1.29, 1.82) is 0 Å². The maximum Gasteiger partial charge on any atom is 0.203 e. The molecular weight excluding hydrogens is 404 g/mol. The second kappa shape index (κ2) is 9.30. The Kier molecular flexibility index (Phi) is 6.77. The van der Waals surface area contributed by atoms with E-state index in [1.807, 2.05) is 18.2 Å². The third-order valence-electron chi connectivity index (χ3n) is 5.36. The average Bonchev–Trinajstić information content (AvgIpc) is 2.77. The van der Waals surface area contributed by atoms with E-state index in [0.29, 0.717) is 28.1 Å². The number of ether oxygens (including phenoxy) is 5. The van der Waals surface area contributed by atoms with E-state index >= 15 is 0 Å². The van der Waals surface area contributed by atoms with E-state index in [9.17, 15) is 0 Å². The van der Waals surface area contributed by atoms with Crippen molar-refractivity contribution in [2.75, 3.05) is 47.4 Å². The summed E-state index contributed by atoms with van der Waals surface area (Å²) in [6.07, 6.45) is 0.858. The Labute approximate surface area is 182 Å². The molecule has 0 radical (unpaired) electrons. The summed E-state index contributed by atoms with van der Waals surface area (Å²) in [6, 6.07) is 7.84. The van der Waals surface area contributed by atoms with Crippen LogP contribution in [-0.4, -0.2) is 52.1 Å². The highest BCUT2D eigenvalue weighted by Crippen LogP contribution is 2.41. The van der Waals surface area contributed by atoms with E-state index in [-0.39, 0.29) is 6.04 Å². The summed E-state index contributed by atoms with van der Waals surface area (Å²) in [6.45, 7) is 2.92. The number of nitrogens with one attached hydrogen (secondary N) is 1. The minimum absolute atomic E-state index is 0.0793. The van der Waals surface area contributed by atoms with Crippen LogP contribution in [0, 0.1) is 0 Å². The SMILES string of the molecule is COc1cc2c(cc1OC)[C@H](C)N(C(=S)Nc1cc(OC)c(OC)c(OC)c1)CC2. The van der Waals surface area contributed by atoms with Crippen LogP contribution < -0.4 is 29.0 Å². The minimum atomic E-state index is 0.0793. The molecule has 0 unspecified atom stereocenters. The third-order valence-corrected chi connectivity index (χ3v) is 5.70. The molecule has 0 fully saturated rings. The van der Waals surface area contributed by atoms with Crippen LogP contribution in [0.4, 0.5) is 5.69 Å². The van der Waals surface area contributed by atoms with Crippen molar-refractivity contribution in [3.8, 4) is 28.7 Å². The van der Waals surface area contributed by atoms with E-state index < -0.39 is 0 Å². The monoisotopic (exact) mass is 432 g/mol. The van der Waals surface area contributed by atoms with Crippen molar-refractivity contribution >= 4 is 23.0 Å². The van der Waals surface area contributed by atoms with E-state index in [1.165, 1.54) is 11.1 Å². The molecule has 1 N–H and O–H groups in total. The molecule has 8 heteroatoms. The van der Waals surface area contributed by atoms with Crippen LogP contribution in [-0.2, 0) is 6.42 Å². The molecule has 7 nitrogen and oxygen atoms in total. The largest absolute Gasteiger partial charge is 0.493 e. The summed E-state index contributed by atoms with van der Waals surface area (Å²) < 4.78 is 27.2. The lowest BCUT2D eigenvalue weighted by Crippen LogP contribution is -2.41. The second-order valence-corrected chi connectivity index (χ2v) is 7.26. The van der Waals surface area contributed by atoms with Crippen molar-refractivity contribution in [3.05, 3.63) is 35.4 Å². The first-order chi connectivity index (χ1) is 14.5. The molecule has 30 heavy (non-hydrogen) atoms. The summed E-state index contributed by atoms with van der Waals surface area (Å²) in [5.74, 6) is 3.13. The average molecular weight is 433 g/mol. The predicted molar refractivity (Wildman–Crippen MR) is 121 cm³/mol. The zero-order valence-corrected chi connectivity index (χ0v) is 19.0. The number of methoxy groups -OCH3 is 5. The lowest BCUT2D eigenvalue weighted by atomic mass is 9.93. The molecule has 0 bridgehead atoms. The molecule has 1 heterocycles. The maximum absolute atomic E-state index is 5.74. The number of hydrogen-bond donors (Lipinski definition) is 1. The van der Waals surface area contributed by atoms with Gasteiger partial charge in [0.05, 0.1) is 41.6 Å². The quantitative estimate of drug-likeness (QED) is 0.686. The molecule has 1 aliphatic heterocycles. The van der Waals surface area contributed by atoms with E-state index in [1.54, 1.807) is 35.5 Å². The van der Waals surface area contributed by atoms with Gasteiger partial charge in [0.2, 0.25) is 5.75 Å².